The van der Waals surface area contributed by atoms with Crippen LogP contribution in [0.3, 0.4) is 0 Å². The highest BCUT2D eigenvalue weighted by Gasteiger charge is 2.22. The molecule has 0 spiro atoms. The first-order chi connectivity index (χ1) is 16.1. The Balaban J connectivity index is 1.63. The van der Waals surface area contributed by atoms with Crippen molar-refractivity contribution >= 4 is 40.0 Å². The Kier molecular flexibility index (Phi) is 7.01. The third kappa shape index (κ3) is 5.29. The molecule has 0 radical (unpaired) electrons. The number of benzene rings is 2. The third-order valence-electron chi connectivity index (χ3n) is 6.13. The highest BCUT2D eigenvalue weighted by Crippen LogP contribution is 2.25. The van der Waals surface area contributed by atoms with Gasteiger partial charge in [0.15, 0.2) is 5.69 Å². The van der Waals surface area contributed by atoms with Gasteiger partial charge < -0.3 is 9.88 Å². The van der Waals surface area contributed by atoms with Crippen LogP contribution in [0.4, 0.5) is 0 Å². The molecule has 0 atom stereocenters. The van der Waals surface area contributed by atoms with Gasteiger partial charge in [-0.15, -0.1) is 0 Å². The van der Waals surface area contributed by atoms with Crippen LogP contribution in [-0.4, -0.2) is 27.3 Å². The lowest BCUT2D eigenvalue weighted by Gasteiger charge is -2.24. The smallest absolute Gasteiger partial charge is 0.274 e. The van der Waals surface area contributed by atoms with E-state index in [4.69, 9.17) is 23.2 Å². The number of nitrogens with one attached hydrogen (secondary N) is 1. The number of hydrogen-bond donors (Lipinski definition) is 1. The van der Waals surface area contributed by atoms with E-state index in [1.165, 1.54) is 5.56 Å². The van der Waals surface area contributed by atoms with Crippen LogP contribution in [0.25, 0.3) is 10.9 Å². The second-order valence-electron chi connectivity index (χ2n) is 9.73. The molecule has 0 aliphatic rings. The Hall–Kier alpha value is -2.82. The zero-order valence-corrected chi connectivity index (χ0v) is 21.5. The number of rotatable bonds is 6. The molecule has 2 aromatic carbocycles. The molecule has 6 heteroatoms. The summed E-state index contributed by atoms with van der Waals surface area (Å²) in [5.74, 6) is -0.104. The first kappa shape index (κ1) is 24.3. The van der Waals surface area contributed by atoms with Crippen LogP contribution >= 0.6 is 23.2 Å². The molecule has 176 valence electrons. The maximum Gasteiger partial charge on any atom is 0.274 e. The van der Waals surface area contributed by atoms with Crippen LogP contribution in [0.2, 0.25) is 10.0 Å². The molecule has 2 heterocycles. The van der Waals surface area contributed by atoms with E-state index in [-0.39, 0.29) is 11.3 Å². The van der Waals surface area contributed by atoms with E-state index in [1.54, 1.807) is 12.3 Å². The lowest BCUT2D eigenvalue weighted by Crippen LogP contribution is -2.33. The summed E-state index contributed by atoms with van der Waals surface area (Å²) in [6, 6.07) is 16.1. The Morgan fingerprint density at radius 1 is 1.00 bits per heavy atom. The highest BCUT2D eigenvalue weighted by molar-refractivity contribution is 6.42. The molecule has 4 nitrogen and oxygen atoms in total. The number of aryl methyl sites for hydroxylation is 1. The number of hydrogen-bond acceptors (Lipinski definition) is 2. The SMILES string of the molecule is Cc1cnc(C(=O)N(CCc2ccc(Cl)c(Cl)c2)Cc2ccc(C(C)(C)C)cc2)c2[nH]ccc12. The fourth-order valence-corrected chi connectivity index (χ4v) is 4.36. The highest BCUT2D eigenvalue weighted by atomic mass is 35.5. The second kappa shape index (κ2) is 9.81. The molecule has 1 N–H and O–H groups in total. The summed E-state index contributed by atoms with van der Waals surface area (Å²) in [5.41, 5.74) is 5.68. The Labute approximate surface area is 210 Å². The molecule has 0 saturated carbocycles. The molecule has 34 heavy (non-hydrogen) atoms. The number of halogens is 2. The second-order valence-corrected chi connectivity index (χ2v) is 10.5. The summed E-state index contributed by atoms with van der Waals surface area (Å²) in [4.78, 5) is 23.3. The monoisotopic (exact) mass is 493 g/mol. The largest absolute Gasteiger partial charge is 0.359 e. The third-order valence-corrected chi connectivity index (χ3v) is 6.87. The summed E-state index contributed by atoms with van der Waals surface area (Å²) in [7, 11) is 0. The zero-order valence-electron chi connectivity index (χ0n) is 20.0. The van der Waals surface area contributed by atoms with Gasteiger partial charge in [-0.25, -0.2) is 4.98 Å². The summed E-state index contributed by atoms with van der Waals surface area (Å²) in [5, 5.41) is 2.05. The maximum absolute atomic E-state index is 13.7. The number of nitrogens with zero attached hydrogens (tertiary/aromatic N) is 2. The van der Waals surface area contributed by atoms with Crippen LogP contribution in [0, 0.1) is 6.92 Å². The minimum Gasteiger partial charge on any atom is -0.359 e. The van der Waals surface area contributed by atoms with Crippen molar-refractivity contribution in [3.63, 3.8) is 0 Å². The molecule has 0 aliphatic heterocycles. The maximum atomic E-state index is 13.7. The minimum absolute atomic E-state index is 0.0763. The molecule has 4 rings (SSSR count). The lowest BCUT2D eigenvalue weighted by atomic mass is 9.87. The van der Waals surface area contributed by atoms with Crippen molar-refractivity contribution in [2.45, 2.75) is 46.1 Å². The number of fused-ring (bicyclic) bond motifs is 1. The molecular formula is C28H29Cl2N3O. The van der Waals surface area contributed by atoms with Gasteiger partial charge >= 0.3 is 0 Å². The van der Waals surface area contributed by atoms with E-state index in [1.807, 2.05) is 36.2 Å². The van der Waals surface area contributed by atoms with Crippen molar-refractivity contribution in [2.75, 3.05) is 6.54 Å². The van der Waals surface area contributed by atoms with Crippen LogP contribution < -0.4 is 0 Å². The van der Waals surface area contributed by atoms with Gasteiger partial charge in [-0.3, -0.25) is 4.79 Å². The van der Waals surface area contributed by atoms with Gasteiger partial charge in [0.1, 0.15) is 0 Å². The van der Waals surface area contributed by atoms with Gasteiger partial charge in [0, 0.05) is 30.9 Å². The van der Waals surface area contributed by atoms with E-state index >= 15 is 0 Å². The molecule has 0 saturated heterocycles. The van der Waals surface area contributed by atoms with Crippen molar-refractivity contribution in [3.8, 4) is 0 Å². The topological polar surface area (TPSA) is 49.0 Å². The molecule has 1 amide bonds. The summed E-state index contributed by atoms with van der Waals surface area (Å²) in [6.07, 6.45) is 4.27. The van der Waals surface area contributed by atoms with Crippen molar-refractivity contribution < 1.29 is 4.79 Å². The molecule has 0 unspecified atom stereocenters. The van der Waals surface area contributed by atoms with Gasteiger partial charge in [-0.05, 0) is 59.2 Å². The number of amides is 1. The van der Waals surface area contributed by atoms with Gasteiger partial charge in [0.05, 0.1) is 15.6 Å². The Morgan fingerprint density at radius 3 is 2.38 bits per heavy atom. The van der Waals surface area contributed by atoms with Gasteiger partial charge in [0.25, 0.3) is 5.91 Å². The number of H-pyrrole nitrogens is 1. The van der Waals surface area contributed by atoms with Crippen LogP contribution in [-0.2, 0) is 18.4 Å². The predicted octanol–water partition coefficient (Wildman–Crippen LogP) is 7.36. The fourth-order valence-electron chi connectivity index (χ4n) is 4.04. The molecular weight excluding hydrogens is 465 g/mol. The predicted molar refractivity (Wildman–Crippen MR) is 141 cm³/mol. The molecule has 4 aromatic rings. The van der Waals surface area contributed by atoms with Crippen LogP contribution in [0.5, 0.6) is 0 Å². The van der Waals surface area contributed by atoms with Crippen molar-refractivity contribution in [1.82, 2.24) is 14.9 Å². The van der Waals surface area contributed by atoms with Crippen molar-refractivity contribution in [1.29, 1.82) is 0 Å². The minimum atomic E-state index is -0.104. The molecule has 0 fully saturated rings. The Bertz CT molecular complexity index is 1320. The number of aromatic nitrogens is 2. The average molecular weight is 494 g/mol. The average Bonchev–Trinajstić information content (AvgIpc) is 3.29. The molecule has 2 aromatic heterocycles. The number of pyridine rings is 1. The fraction of sp³-hybridized carbons (Fsp3) is 0.286. The quantitative estimate of drug-likeness (QED) is 0.304. The molecule has 0 bridgehead atoms. The van der Waals surface area contributed by atoms with E-state index in [0.717, 1.165) is 27.6 Å². The summed E-state index contributed by atoms with van der Waals surface area (Å²) >= 11 is 12.3. The van der Waals surface area contributed by atoms with Gasteiger partial charge in [-0.1, -0.05) is 74.3 Å². The molecule has 0 aliphatic carbocycles. The van der Waals surface area contributed by atoms with Crippen molar-refractivity contribution in [3.05, 3.63) is 98.9 Å². The number of carbonyl (C=O) groups excluding carboxylic acids is 1. The van der Waals surface area contributed by atoms with Gasteiger partial charge in [-0.2, -0.15) is 0 Å². The van der Waals surface area contributed by atoms with Crippen LogP contribution in [0.15, 0.2) is 60.9 Å². The van der Waals surface area contributed by atoms with E-state index in [9.17, 15) is 4.79 Å². The number of carbonyl (C=O) groups is 1. The van der Waals surface area contributed by atoms with Crippen LogP contribution in [0.1, 0.15) is 53.5 Å². The first-order valence-corrected chi connectivity index (χ1v) is 12.1. The standard InChI is InChI=1S/C28H29Cl2N3O/c1-18-16-32-26(25-22(18)11-13-31-25)27(34)33(14-12-19-7-10-23(29)24(30)15-19)17-20-5-8-21(9-6-20)28(2,3)4/h5-11,13,15-16,31H,12,14,17H2,1-4H3. The first-order valence-electron chi connectivity index (χ1n) is 11.4. The summed E-state index contributed by atoms with van der Waals surface area (Å²) in [6.45, 7) is 9.59. The van der Waals surface area contributed by atoms with E-state index < -0.39 is 0 Å². The summed E-state index contributed by atoms with van der Waals surface area (Å²) < 4.78 is 0. The van der Waals surface area contributed by atoms with E-state index in [0.29, 0.717) is 35.2 Å². The van der Waals surface area contributed by atoms with Crippen molar-refractivity contribution in [2.24, 2.45) is 0 Å². The normalized spacial score (nSPS) is 11.7. The Morgan fingerprint density at radius 2 is 1.71 bits per heavy atom. The lowest BCUT2D eigenvalue weighted by molar-refractivity contribution is 0.0741. The number of aromatic amines is 1. The van der Waals surface area contributed by atoms with Gasteiger partial charge in [0.2, 0.25) is 0 Å². The zero-order chi connectivity index (χ0) is 24.5. The van der Waals surface area contributed by atoms with E-state index in [2.05, 4.69) is 55.0 Å².